The predicted octanol–water partition coefficient (Wildman–Crippen LogP) is 16.2. The van der Waals surface area contributed by atoms with E-state index in [1.54, 1.807) is 185 Å². The van der Waals surface area contributed by atoms with Crippen LogP contribution in [0.25, 0.3) is 0 Å². The van der Waals surface area contributed by atoms with Gasteiger partial charge >= 0.3 is 0 Å². The maximum Gasteiger partial charge on any atom is 0.266 e. The molecule has 35 nitrogen and oxygen atoms in total. The molecule has 0 atom stereocenters. The van der Waals surface area contributed by atoms with Crippen LogP contribution in [0.1, 0.15) is 89.4 Å². The summed E-state index contributed by atoms with van der Waals surface area (Å²) in [7, 11) is 0. The van der Waals surface area contributed by atoms with E-state index in [-0.39, 0.29) is 113 Å². The number of amides is 6. The largest absolute Gasteiger partial charge is 1.00 e. The summed E-state index contributed by atoms with van der Waals surface area (Å²) in [6, 6.07) is 61.9. The Hall–Kier alpha value is -16.0. The summed E-state index contributed by atoms with van der Waals surface area (Å²) < 4.78 is 55.0. The number of ether oxygens (including phenoxy) is 10. The molecule has 3 aliphatic rings. The number of fused-ring (bicyclic) bond motifs is 2. The highest BCUT2D eigenvalue weighted by Crippen LogP contribution is 2.39. The Morgan fingerprint density at radius 1 is 0.395 bits per heavy atom. The minimum absolute atomic E-state index is 0. The number of phenolic OH excluding ortho intramolecular Hbond substituents is 1. The van der Waals surface area contributed by atoms with Gasteiger partial charge in [-0.05, 0) is 203 Å². The number of nitrogens with zero attached hydrogens (tertiary/aromatic N) is 11. The van der Waals surface area contributed by atoms with Gasteiger partial charge in [-0.25, -0.2) is 0 Å². The van der Waals surface area contributed by atoms with Gasteiger partial charge in [-0.15, -0.1) is 61.8 Å². The van der Waals surface area contributed by atoms with Crippen molar-refractivity contribution in [2.45, 2.75) is 107 Å². The van der Waals surface area contributed by atoms with E-state index in [0.29, 0.717) is 109 Å². The summed E-state index contributed by atoms with van der Waals surface area (Å²) in [6.45, 7) is 16.9. The number of halogens is 1. The number of carbonyl (C=O) groups excluding carboxylic acids is 6. The first-order valence-electron chi connectivity index (χ1n) is 46.7. The number of phenols is 1. The van der Waals surface area contributed by atoms with Crippen molar-refractivity contribution >= 4 is 127 Å². The molecule has 11 aromatic heterocycles. The number of anilines is 6. The van der Waals surface area contributed by atoms with Crippen molar-refractivity contribution in [2.24, 2.45) is 5.92 Å². The van der Waals surface area contributed by atoms with Crippen molar-refractivity contribution in [3.05, 3.63) is 334 Å². The van der Waals surface area contributed by atoms with E-state index in [1.807, 2.05) is 220 Å². The van der Waals surface area contributed by atoms with Crippen molar-refractivity contribution in [1.29, 1.82) is 0 Å². The summed E-state index contributed by atoms with van der Waals surface area (Å²) in [6.07, 6.45) is 16.6. The zero-order valence-corrected chi connectivity index (χ0v) is 86.4. The third kappa shape index (κ3) is 31.5. The first kappa shape index (κ1) is 107. The van der Waals surface area contributed by atoms with Crippen molar-refractivity contribution in [2.75, 3.05) is 89.2 Å². The average Bonchev–Trinajstić information content (AvgIpc) is 1.68. The van der Waals surface area contributed by atoms with Gasteiger partial charge in [0.2, 0.25) is 19.8 Å². The fourth-order valence-corrected chi connectivity index (χ4v) is 18.7. The SMILES string of the molecule is Cc1ccc(OCC(=O)N(Cc2cccs2)c2c[nH][nH+]c2)cc1.Cc1ccc(OCC(=O)N(Cc2cccs2)c2ccn[nH]2)c(O)c1.Cc1ccc(OCC(=O)N(Cc2cccs2)c2cn[nH]c2)cc1.Cc1ccc(OCC(=O)N(Cc2cccs2)c2cn[nH]c2C)cc1.Cc1n[nH]c(C)c1N(CC1CCCC1)C(=O)COc1ccc2c(c1)OCO2.O=C(COc1ccc2c(c1)OCO2)N(Cc1cccs1)c1ccn[nH]1.[Cl-]. The van der Waals surface area contributed by atoms with Crippen LogP contribution in [0.15, 0.2) is 270 Å². The van der Waals surface area contributed by atoms with E-state index in [2.05, 4.69) is 61.2 Å². The Bertz CT molecular complexity index is 6730. The molecule has 8 N–H and O–H groups in total. The Kier molecular flexibility index (Phi) is 39.3. The fraction of sp³-hybridized carbons (Fsp3) is 0.245. The molecule has 764 valence electrons. The van der Waals surface area contributed by atoms with Crippen LogP contribution in [0.3, 0.4) is 0 Å². The number of hydrogen-bond donors (Lipinski definition) is 7. The van der Waals surface area contributed by atoms with Crippen LogP contribution >= 0.6 is 56.7 Å². The van der Waals surface area contributed by atoms with Crippen LogP contribution in [0.4, 0.5) is 34.4 Å². The molecule has 17 aromatic rings. The van der Waals surface area contributed by atoms with E-state index in [4.69, 9.17) is 47.4 Å². The Morgan fingerprint density at radius 3 is 1.18 bits per heavy atom. The second kappa shape index (κ2) is 54.1. The fourth-order valence-electron chi connectivity index (χ4n) is 15.2. The molecule has 1 fully saturated rings. The van der Waals surface area contributed by atoms with E-state index in [0.717, 1.165) is 86.5 Å². The van der Waals surface area contributed by atoms with Crippen LogP contribution in [-0.2, 0) is 61.5 Å². The third-order valence-corrected chi connectivity index (χ3v) is 27.2. The van der Waals surface area contributed by atoms with Crippen LogP contribution in [-0.4, -0.2) is 156 Å². The Balaban J connectivity index is 0.000000139. The van der Waals surface area contributed by atoms with Crippen LogP contribution in [0, 0.1) is 54.4 Å². The highest BCUT2D eigenvalue weighted by molar-refractivity contribution is 7.11. The number of aromatic nitrogens is 12. The molecule has 147 heavy (non-hydrogen) atoms. The lowest BCUT2D eigenvalue weighted by Gasteiger charge is -2.26. The standard InChI is InChI=1S/C20H25N3O4.C18H19N3O2S.C17H15N3O4S.C17H17N3O3S.2C17H17N3O2S.ClH/c1-13-20(14(2)22-21-13)23(10-15-5-3-4-6-15)19(24)11-25-16-7-8-17-18(9-16)27-12-26-17;1-13-5-7-15(8-6-13)23-12-18(22)21(11-16-4-3-9-24-16)17-10-19-20-14(17)2;21-17(10-22-12-3-4-14-15(8-12)24-11-23-14)20(16-5-6-18-19-16)9-13-2-1-7-25-13;1-12-4-5-15(14(21)9-12)23-11-17(22)20(16-6-7-18-19-16)10-13-3-2-8-24-13;2*1-13-4-6-15(7-5-13)22-12-17(21)20(14-9-18-19-10-14)11-16-3-2-8-23-16;/h7-9,15H,3-6,10-12H2,1-2H3,(H,21,22);3-10H,11-12H2,1-2H3,(H,19,20);1-8H,9-11H2,(H,18,19);2-9,21H,10-11H2,1H3,(H,18,19);2*2-10H,11-12H2,1H3,(H,18,19);1H. The third-order valence-electron chi connectivity index (χ3n) is 22.9. The molecule has 0 unspecified atom stereocenters. The molecule has 0 spiro atoms. The highest BCUT2D eigenvalue weighted by Gasteiger charge is 2.31. The molecule has 0 bridgehead atoms. The number of H-pyrrole nitrogens is 7. The first-order chi connectivity index (χ1) is 71.1. The van der Waals surface area contributed by atoms with Gasteiger partial charge in [0.25, 0.3) is 35.4 Å². The number of aryl methyl sites for hydroxylation is 7. The molecule has 2 aliphatic heterocycles. The van der Waals surface area contributed by atoms with Gasteiger partial charge in [-0.2, -0.15) is 30.6 Å². The first-order valence-corrected chi connectivity index (χ1v) is 51.1. The number of nitrogens with one attached hydrogen (secondary N) is 7. The molecule has 0 radical (unpaired) electrons. The lowest BCUT2D eigenvalue weighted by atomic mass is 10.1. The number of aromatic amines is 7. The molecule has 6 aromatic carbocycles. The van der Waals surface area contributed by atoms with Crippen molar-refractivity contribution < 1.29 is 98.7 Å². The number of aromatic hydroxyl groups is 1. The maximum absolute atomic E-state index is 13.0. The summed E-state index contributed by atoms with van der Waals surface area (Å²) in [5, 5.41) is 59.8. The number of thiophene rings is 5. The molecule has 20 rings (SSSR count). The summed E-state index contributed by atoms with van der Waals surface area (Å²) >= 11 is 8.04. The van der Waals surface area contributed by atoms with Gasteiger partial charge in [0.1, 0.15) is 46.1 Å². The zero-order valence-electron chi connectivity index (χ0n) is 81.6. The molecule has 13 heterocycles. The second-order valence-corrected chi connectivity index (χ2v) is 38.8. The molecule has 0 saturated heterocycles. The Labute approximate surface area is 874 Å². The summed E-state index contributed by atoms with van der Waals surface area (Å²) in [4.78, 5) is 91.8. The van der Waals surface area contributed by atoms with Crippen LogP contribution in [0.2, 0.25) is 0 Å². The highest BCUT2D eigenvalue weighted by atomic mass is 35.5. The molecule has 41 heteroatoms. The number of carbonyl (C=O) groups is 6. The quantitative estimate of drug-likeness (QED) is 0.0192. The van der Waals surface area contributed by atoms with Gasteiger partial charge in [-0.3, -0.25) is 69.0 Å². The van der Waals surface area contributed by atoms with E-state index >= 15 is 0 Å². The smallest absolute Gasteiger partial charge is 0.266 e. The van der Waals surface area contributed by atoms with Crippen molar-refractivity contribution in [3.63, 3.8) is 0 Å². The van der Waals surface area contributed by atoms with Gasteiger partial charge in [0.05, 0.1) is 97.9 Å². The molecular weight excluding hydrogens is 1990 g/mol. The predicted molar refractivity (Wildman–Crippen MR) is 561 cm³/mol. The van der Waals surface area contributed by atoms with E-state index in [9.17, 15) is 33.9 Å². The van der Waals surface area contributed by atoms with Gasteiger partial charge in [0.15, 0.2) is 74.1 Å². The van der Waals surface area contributed by atoms with Crippen LogP contribution < -0.4 is 94.3 Å². The molecule has 1 aliphatic carbocycles. The van der Waals surface area contributed by atoms with E-state index < -0.39 is 0 Å². The minimum atomic E-state index is -0.229. The van der Waals surface area contributed by atoms with Crippen molar-refractivity contribution in [3.8, 4) is 63.2 Å². The van der Waals surface area contributed by atoms with Crippen LogP contribution in [0.5, 0.6) is 63.2 Å². The summed E-state index contributed by atoms with van der Waals surface area (Å²) in [5.41, 5.74) is 10.2. The van der Waals surface area contributed by atoms with Crippen molar-refractivity contribution in [1.82, 2.24) is 56.1 Å². The van der Waals surface area contributed by atoms with Gasteiger partial charge in [0, 0.05) is 61.4 Å². The number of rotatable bonds is 36. The summed E-state index contributed by atoms with van der Waals surface area (Å²) in [5.74, 6) is 7.16. The minimum Gasteiger partial charge on any atom is -1.00 e. The molecule has 6 amide bonds. The maximum atomic E-state index is 13.0. The number of hydrogen-bond acceptors (Lipinski definition) is 27. The normalized spacial score (nSPS) is 11.7. The number of benzene rings is 6. The van der Waals surface area contributed by atoms with E-state index in [1.165, 1.54) is 25.7 Å². The second-order valence-electron chi connectivity index (χ2n) is 33.6. The molecule has 1 saturated carbocycles. The Morgan fingerprint density at radius 2 is 0.796 bits per heavy atom. The molecular formula is C106H111ClN18O17S5. The monoisotopic (exact) mass is 2100 g/mol. The van der Waals surface area contributed by atoms with Gasteiger partial charge < -0.3 is 79.6 Å². The average molecular weight is 2100 g/mol. The lowest BCUT2D eigenvalue weighted by Crippen LogP contribution is -3.00. The van der Waals surface area contributed by atoms with Gasteiger partial charge in [-0.1, -0.05) is 102 Å². The lowest BCUT2D eigenvalue weighted by molar-refractivity contribution is -0.448. The zero-order chi connectivity index (χ0) is 102. The topological polar surface area (TPSA) is 408 Å².